The van der Waals surface area contributed by atoms with Crippen LogP contribution in [0.25, 0.3) is 0 Å². The van der Waals surface area contributed by atoms with Gasteiger partial charge in [-0.15, -0.1) is 12.4 Å². The van der Waals surface area contributed by atoms with Crippen molar-refractivity contribution in [1.82, 2.24) is 5.32 Å². The molecule has 0 amide bonds. The lowest BCUT2D eigenvalue weighted by Gasteiger charge is -2.17. The van der Waals surface area contributed by atoms with Gasteiger partial charge in [0.2, 0.25) is 7.37 Å². The van der Waals surface area contributed by atoms with Crippen molar-refractivity contribution in [1.29, 1.82) is 0 Å². The van der Waals surface area contributed by atoms with Gasteiger partial charge in [0.1, 0.15) is 0 Å². The molecular formula is C18H23Cl3NO3P. The molecular weight excluding hydrogens is 416 g/mol. The molecule has 2 atom stereocenters. The average molecular weight is 439 g/mol. The first kappa shape index (κ1) is 23.5. The highest BCUT2D eigenvalue weighted by Crippen LogP contribution is 2.44. The average Bonchev–Trinajstić information content (AvgIpc) is 2.52. The van der Waals surface area contributed by atoms with Crippen molar-refractivity contribution in [3.8, 4) is 0 Å². The molecule has 0 aliphatic carbocycles. The van der Waals surface area contributed by atoms with E-state index >= 15 is 0 Å². The van der Waals surface area contributed by atoms with Gasteiger partial charge in [0.05, 0.1) is 22.3 Å². The van der Waals surface area contributed by atoms with Crippen LogP contribution < -0.4 is 5.32 Å². The SMILES string of the molecule is Cc1ccc(CP(=O)(O)C[C@@H](O)CNCc2ccc(Cl)c(Cl)c2)cc1.Cl. The smallest absolute Gasteiger partial charge is 0.207 e. The van der Waals surface area contributed by atoms with Gasteiger partial charge in [-0.3, -0.25) is 4.57 Å². The summed E-state index contributed by atoms with van der Waals surface area (Å²) in [5, 5.41) is 14.1. The minimum absolute atomic E-state index is 0. The Balaban J connectivity index is 0.00000338. The van der Waals surface area contributed by atoms with E-state index in [1.165, 1.54) is 0 Å². The van der Waals surface area contributed by atoms with Gasteiger partial charge in [0, 0.05) is 19.3 Å². The molecule has 0 bridgehead atoms. The van der Waals surface area contributed by atoms with Crippen molar-refractivity contribution in [2.45, 2.75) is 25.7 Å². The van der Waals surface area contributed by atoms with Crippen LogP contribution in [0.5, 0.6) is 0 Å². The fourth-order valence-electron chi connectivity index (χ4n) is 2.47. The lowest BCUT2D eigenvalue weighted by Crippen LogP contribution is -2.29. The number of hydrogen-bond donors (Lipinski definition) is 3. The normalized spacial score (nSPS) is 14.3. The standard InChI is InChI=1S/C18H22Cl2NO3P.ClH/c1-13-2-4-14(5-3-13)11-25(23,24)12-16(22)10-21-9-15-6-7-17(19)18(20)8-15;/h2-8,16,21-22H,9-12H2,1H3,(H,23,24);1H/t16-;/m0./s1. The van der Waals surface area contributed by atoms with Crippen LogP contribution in [0.2, 0.25) is 10.0 Å². The fourth-order valence-corrected chi connectivity index (χ4v) is 4.49. The highest BCUT2D eigenvalue weighted by atomic mass is 35.5. The molecule has 0 saturated carbocycles. The zero-order chi connectivity index (χ0) is 18.4. The van der Waals surface area contributed by atoms with Crippen LogP contribution in [0.15, 0.2) is 42.5 Å². The summed E-state index contributed by atoms with van der Waals surface area (Å²) in [6, 6.07) is 12.8. The minimum atomic E-state index is -3.44. The summed E-state index contributed by atoms with van der Waals surface area (Å²) in [7, 11) is -3.44. The van der Waals surface area contributed by atoms with Gasteiger partial charge < -0.3 is 15.3 Å². The molecule has 144 valence electrons. The summed E-state index contributed by atoms with van der Waals surface area (Å²) in [6.45, 7) is 2.67. The van der Waals surface area contributed by atoms with E-state index in [1.54, 1.807) is 12.1 Å². The molecule has 3 N–H and O–H groups in total. The fraction of sp³-hybridized carbons (Fsp3) is 0.333. The van der Waals surface area contributed by atoms with Crippen LogP contribution >= 0.6 is 43.0 Å². The lowest BCUT2D eigenvalue weighted by molar-refractivity contribution is 0.190. The number of hydrogen-bond acceptors (Lipinski definition) is 3. The summed E-state index contributed by atoms with van der Waals surface area (Å²) in [4.78, 5) is 10.1. The van der Waals surface area contributed by atoms with E-state index < -0.39 is 13.5 Å². The quantitative estimate of drug-likeness (QED) is 0.525. The topological polar surface area (TPSA) is 69.6 Å². The molecule has 0 spiro atoms. The highest BCUT2D eigenvalue weighted by Gasteiger charge is 2.23. The molecule has 2 aromatic carbocycles. The first-order valence-corrected chi connectivity index (χ1v) is 10.7. The number of halogens is 3. The largest absolute Gasteiger partial charge is 0.391 e. The van der Waals surface area contributed by atoms with Gasteiger partial charge >= 0.3 is 0 Å². The second kappa shape index (κ2) is 10.7. The highest BCUT2D eigenvalue weighted by molar-refractivity contribution is 7.57. The van der Waals surface area contributed by atoms with Crippen molar-refractivity contribution in [3.63, 3.8) is 0 Å². The molecule has 0 aromatic heterocycles. The van der Waals surface area contributed by atoms with E-state index in [4.69, 9.17) is 23.2 Å². The Hall–Kier alpha value is -0.580. The first-order chi connectivity index (χ1) is 11.7. The molecule has 0 aliphatic rings. The van der Waals surface area contributed by atoms with Crippen molar-refractivity contribution < 1.29 is 14.6 Å². The molecule has 4 nitrogen and oxygen atoms in total. The Morgan fingerprint density at radius 3 is 2.31 bits per heavy atom. The third kappa shape index (κ3) is 7.98. The zero-order valence-electron chi connectivity index (χ0n) is 14.4. The van der Waals surface area contributed by atoms with Crippen LogP contribution in [-0.4, -0.2) is 28.8 Å². The van der Waals surface area contributed by atoms with Crippen LogP contribution in [-0.2, 0) is 17.3 Å². The number of aliphatic hydroxyl groups is 1. The third-order valence-corrected chi connectivity index (χ3v) is 6.33. The van der Waals surface area contributed by atoms with Crippen LogP contribution in [0.1, 0.15) is 16.7 Å². The van der Waals surface area contributed by atoms with Crippen LogP contribution in [0, 0.1) is 6.92 Å². The predicted octanol–water partition coefficient (Wildman–Crippen LogP) is 4.64. The molecule has 0 aliphatic heterocycles. The van der Waals surface area contributed by atoms with Crippen molar-refractivity contribution in [3.05, 3.63) is 69.2 Å². The molecule has 0 heterocycles. The number of rotatable bonds is 8. The Morgan fingerprint density at radius 2 is 1.69 bits per heavy atom. The van der Waals surface area contributed by atoms with E-state index in [-0.39, 0.29) is 31.3 Å². The van der Waals surface area contributed by atoms with E-state index in [9.17, 15) is 14.6 Å². The Bertz CT molecular complexity index is 756. The summed E-state index contributed by atoms with van der Waals surface area (Å²) in [6.07, 6.45) is -0.976. The first-order valence-electron chi connectivity index (χ1n) is 7.94. The lowest BCUT2D eigenvalue weighted by atomic mass is 10.2. The van der Waals surface area contributed by atoms with Gasteiger partial charge in [-0.05, 0) is 30.2 Å². The van der Waals surface area contributed by atoms with E-state index in [1.807, 2.05) is 37.3 Å². The maximum absolute atomic E-state index is 12.3. The molecule has 26 heavy (non-hydrogen) atoms. The van der Waals surface area contributed by atoms with Gasteiger partial charge in [0.15, 0.2) is 0 Å². The number of aryl methyl sites for hydroxylation is 1. The van der Waals surface area contributed by atoms with Gasteiger partial charge in [0.25, 0.3) is 0 Å². The summed E-state index contributed by atoms with van der Waals surface area (Å²) < 4.78 is 12.3. The molecule has 0 saturated heterocycles. The number of aliphatic hydroxyl groups excluding tert-OH is 1. The van der Waals surface area contributed by atoms with Gasteiger partial charge in [-0.2, -0.15) is 0 Å². The Labute approximate surface area is 170 Å². The van der Waals surface area contributed by atoms with Gasteiger partial charge in [-0.1, -0.05) is 59.1 Å². The van der Waals surface area contributed by atoms with E-state index in [2.05, 4.69) is 5.32 Å². The molecule has 0 radical (unpaired) electrons. The molecule has 2 aromatic rings. The number of nitrogens with one attached hydrogen (secondary N) is 1. The molecule has 0 fully saturated rings. The summed E-state index contributed by atoms with van der Waals surface area (Å²) >= 11 is 11.8. The minimum Gasteiger partial charge on any atom is -0.391 e. The monoisotopic (exact) mass is 437 g/mol. The maximum atomic E-state index is 12.3. The predicted molar refractivity (Wildman–Crippen MR) is 111 cm³/mol. The van der Waals surface area contributed by atoms with E-state index in [0.717, 1.165) is 16.7 Å². The maximum Gasteiger partial charge on any atom is 0.207 e. The van der Waals surface area contributed by atoms with Crippen LogP contribution in [0.4, 0.5) is 0 Å². The number of benzene rings is 2. The van der Waals surface area contributed by atoms with Crippen molar-refractivity contribution >= 4 is 43.0 Å². The second-order valence-electron chi connectivity index (χ2n) is 6.21. The van der Waals surface area contributed by atoms with Crippen LogP contribution in [0.3, 0.4) is 0 Å². The summed E-state index contributed by atoms with van der Waals surface area (Å²) in [5.74, 6) is 0. The third-order valence-electron chi connectivity index (χ3n) is 3.74. The Morgan fingerprint density at radius 1 is 1.08 bits per heavy atom. The van der Waals surface area contributed by atoms with Gasteiger partial charge in [-0.25, -0.2) is 0 Å². The summed E-state index contributed by atoms with van der Waals surface area (Å²) in [5.41, 5.74) is 2.82. The van der Waals surface area contributed by atoms with E-state index in [0.29, 0.717) is 16.6 Å². The van der Waals surface area contributed by atoms with Crippen molar-refractivity contribution in [2.75, 3.05) is 12.7 Å². The molecule has 1 unspecified atom stereocenters. The second-order valence-corrected chi connectivity index (χ2v) is 9.39. The Kier molecular flexibility index (Phi) is 9.63. The zero-order valence-corrected chi connectivity index (χ0v) is 17.6. The molecule has 2 rings (SSSR count). The molecule has 8 heteroatoms. The van der Waals surface area contributed by atoms with Crippen molar-refractivity contribution in [2.24, 2.45) is 0 Å².